The van der Waals surface area contributed by atoms with Gasteiger partial charge < -0.3 is 10.2 Å². The molecule has 0 aliphatic carbocycles. The maximum Gasteiger partial charge on any atom is 0.281 e. The number of aromatic hydroxyl groups is 2. The molecule has 14 heavy (non-hydrogen) atoms. The molecule has 0 spiro atoms. The summed E-state index contributed by atoms with van der Waals surface area (Å²) < 4.78 is 0. The summed E-state index contributed by atoms with van der Waals surface area (Å²) in [5.41, 5.74) is -6.38. The average Bonchev–Trinajstić information content (AvgIpc) is 2.08. The first-order valence-corrected chi connectivity index (χ1v) is 2.76. The van der Waals surface area contributed by atoms with E-state index in [0.717, 1.165) is 0 Å². The molecule has 0 atom stereocenters. The van der Waals surface area contributed by atoms with Crippen molar-refractivity contribution in [3.8, 4) is 11.5 Å². The summed E-state index contributed by atoms with van der Waals surface area (Å²) in [5, 5.41) is 17.2. The maximum atomic E-state index is 10.5. The van der Waals surface area contributed by atoms with Gasteiger partial charge in [0.1, 0.15) is 0 Å². The van der Waals surface area contributed by atoms with E-state index >= 15 is 0 Å². The van der Waals surface area contributed by atoms with E-state index in [4.69, 9.17) is 10.2 Å². The van der Waals surface area contributed by atoms with Crippen molar-refractivity contribution in [3.05, 3.63) is 40.9 Å². The molecule has 6 nitrogen and oxygen atoms in total. The summed E-state index contributed by atoms with van der Waals surface area (Å²) in [6, 6.07) is 0. The van der Waals surface area contributed by atoms with Gasteiger partial charge >= 0.3 is 0 Å². The van der Waals surface area contributed by atoms with Crippen LogP contribution in [0.15, 0.2) is 19.2 Å². The molecular weight excluding hydrogens is 246 g/mol. The Morgan fingerprint density at radius 1 is 0.643 bits per heavy atom. The molecule has 8 heteroatoms. The maximum absolute atomic E-state index is 10.5. The molecule has 0 amide bonds. The van der Waals surface area contributed by atoms with Crippen LogP contribution in [0, 0.1) is 0 Å². The van der Waals surface area contributed by atoms with Gasteiger partial charge in [0.15, 0.2) is 0 Å². The molecule has 0 saturated carbocycles. The zero-order valence-electron chi connectivity index (χ0n) is 7.53. The van der Waals surface area contributed by atoms with Crippen molar-refractivity contribution in [1.82, 2.24) is 0 Å². The monoisotopic (exact) mass is 252 g/mol. The normalized spacial score (nSPS) is 8.57. The molecule has 0 unspecified atom stereocenters. The standard InChI is InChI=1S/C6H2O6.2K.2H2/c7-1-2(8)4(10)6(12)5(11)3(1)9;;;;/h7-8H;;;2*1H. The summed E-state index contributed by atoms with van der Waals surface area (Å²) in [4.78, 5) is 41.9. The van der Waals surface area contributed by atoms with Crippen molar-refractivity contribution in [1.29, 1.82) is 0 Å². The van der Waals surface area contributed by atoms with Crippen LogP contribution in [-0.2, 0) is 0 Å². The predicted octanol–water partition coefficient (Wildman–Crippen LogP) is -2.86. The second-order valence-electron chi connectivity index (χ2n) is 2.01. The van der Waals surface area contributed by atoms with Crippen molar-refractivity contribution in [2.45, 2.75) is 0 Å². The minimum atomic E-state index is -1.63. The van der Waals surface area contributed by atoms with Crippen molar-refractivity contribution in [2.24, 2.45) is 0 Å². The van der Waals surface area contributed by atoms with E-state index in [2.05, 4.69) is 0 Å². The van der Waals surface area contributed by atoms with Gasteiger partial charge in [-0.25, -0.2) is 0 Å². The number of rotatable bonds is 0. The third kappa shape index (κ3) is 3.14. The van der Waals surface area contributed by atoms with Crippen molar-refractivity contribution in [2.75, 3.05) is 0 Å². The summed E-state index contributed by atoms with van der Waals surface area (Å²) in [6.45, 7) is 0. The van der Waals surface area contributed by atoms with Crippen LogP contribution in [0.1, 0.15) is 2.85 Å². The molecule has 0 fully saturated rings. The Hall–Kier alpha value is 1.29. The zero-order valence-corrected chi connectivity index (χ0v) is 13.8. The molecule has 2 radical (unpaired) electrons. The Labute approximate surface area is 164 Å². The fourth-order valence-corrected chi connectivity index (χ4v) is 0.636. The molecule has 1 rings (SSSR count). The Bertz CT molecular complexity index is 487. The molecule has 0 bridgehead atoms. The van der Waals surface area contributed by atoms with Gasteiger partial charge in [0.2, 0.25) is 11.5 Å². The van der Waals surface area contributed by atoms with Crippen molar-refractivity contribution in [3.63, 3.8) is 0 Å². The molecular formula is C6H6K2O6. The van der Waals surface area contributed by atoms with E-state index in [9.17, 15) is 19.2 Å². The van der Waals surface area contributed by atoms with Crippen LogP contribution >= 0.6 is 0 Å². The third-order valence-electron chi connectivity index (χ3n) is 1.27. The SMILES string of the molecule is O=c1c(O)c(O)c(=O)c(=O)c1=O.[HH].[HH].[K].[K]. The number of phenolic OH excluding ortho intramolecular Hbond substituents is 2. The smallest absolute Gasteiger partial charge is 0.281 e. The number of hydrogen-bond donors (Lipinski definition) is 2. The topological polar surface area (TPSA) is 109 Å². The molecule has 1 aromatic carbocycles. The van der Waals surface area contributed by atoms with Crippen LogP contribution < -0.4 is 21.7 Å². The first-order chi connectivity index (χ1) is 5.46. The van der Waals surface area contributed by atoms with Gasteiger partial charge in [-0.3, -0.25) is 19.2 Å². The minimum absolute atomic E-state index is 0. The second kappa shape index (κ2) is 6.79. The molecule has 2 N–H and O–H groups in total. The average molecular weight is 252 g/mol. The quantitative estimate of drug-likeness (QED) is 0.292. The number of hydrogen-bond acceptors (Lipinski definition) is 6. The van der Waals surface area contributed by atoms with Crippen molar-refractivity contribution >= 4 is 103 Å². The van der Waals surface area contributed by atoms with Gasteiger partial charge in [-0.1, -0.05) is 0 Å². The first kappa shape index (κ1) is 17.7. The minimum Gasteiger partial charge on any atom is -0.501 e. The van der Waals surface area contributed by atoms with E-state index in [-0.39, 0.29) is 106 Å². The van der Waals surface area contributed by atoms with E-state index in [1.165, 1.54) is 0 Å². The summed E-state index contributed by atoms with van der Waals surface area (Å²) in [5.74, 6) is -2.74. The zero-order chi connectivity index (χ0) is 9.46. The van der Waals surface area contributed by atoms with E-state index in [1.54, 1.807) is 0 Å². The molecule has 0 saturated heterocycles. The molecule has 1 aromatic rings. The Morgan fingerprint density at radius 2 is 0.857 bits per heavy atom. The van der Waals surface area contributed by atoms with Gasteiger partial charge in [0.05, 0.1) is 0 Å². The Kier molecular flexibility index (Phi) is 8.57. The Morgan fingerprint density at radius 3 is 1.07 bits per heavy atom. The van der Waals surface area contributed by atoms with Crippen LogP contribution in [0.5, 0.6) is 11.5 Å². The van der Waals surface area contributed by atoms with Gasteiger partial charge in [-0.2, -0.15) is 0 Å². The second-order valence-corrected chi connectivity index (χ2v) is 2.01. The van der Waals surface area contributed by atoms with Crippen LogP contribution in [0.2, 0.25) is 0 Å². The molecule has 0 aliphatic heterocycles. The van der Waals surface area contributed by atoms with Crippen molar-refractivity contribution < 1.29 is 13.1 Å². The van der Waals surface area contributed by atoms with E-state index in [0.29, 0.717) is 0 Å². The summed E-state index contributed by atoms with van der Waals surface area (Å²) >= 11 is 0. The van der Waals surface area contributed by atoms with Crippen LogP contribution in [-0.4, -0.2) is 113 Å². The number of phenols is 2. The van der Waals surface area contributed by atoms with Gasteiger partial charge in [0, 0.05) is 106 Å². The fourth-order valence-electron chi connectivity index (χ4n) is 0.636. The fraction of sp³-hybridized carbons (Fsp3) is 0. The summed E-state index contributed by atoms with van der Waals surface area (Å²) in [6.07, 6.45) is 0. The van der Waals surface area contributed by atoms with Gasteiger partial charge in [-0.05, 0) is 0 Å². The molecule has 0 heterocycles. The predicted molar refractivity (Wildman–Crippen MR) is 53.0 cm³/mol. The molecule has 0 aliphatic rings. The molecule has 68 valence electrons. The van der Waals surface area contributed by atoms with Crippen LogP contribution in [0.4, 0.5) is 0 Å². The third-order valence-corrected chi connectivity index (χ3v) is 1.27. The van der Waals surface area contributed by atoms with Crippen LogP contribution in [0.3, 0.4) is 0 Å². The van der Waals surface area contributed by atoms with Gasteiger partial charge in [-0.15, -0.1) is 0 Å². The van der Waals surface area contributed by atoms with Gasteiger partial charge in [0.25, 0.3) is 21.7 Å². The van der Waals surface area contributed by atoms with Crippen LogP contribution in [0.25, 0.3) is 0 Å². The van der Waals surface area contributed by atoms with E-state index < -0.39 is 33.2 Å². The largest absolute Gasteiger partial charge is 0.501 e. The first-order valence-electron chi connectivity index (χ1n) is 2.76. The number of benzene rings is 1. The van der Waals surface area contributed by atoms with E-state index in [1.807, 2.05) is 0 Å². The Balaban J connectivity index is -0.000000180. The summed E-state index contributed by atoms with van der Waals surface area (Å²) in [7, 11) is 0. The molecule has 0 aromatic heterocycles.